The molecule has 2 rings (SSSR count). The number of hydrogen-bond donors (Lipinski definition) is 1. The van der Waals surface area contributed by atoms with E-state index in [9.17, 15) is 9.18 Å². The van der Waals surface area contributed by atoms with Crippen LogP contribution in [0, 0.1) is 5.82 Å². The lowest BCUT2D eigenvalue weighted by Crippen LogP contribution is -2.32. The second kappa shape index (κ2) is 6.43. The molecular weight excluding hydrogens is 293 g/mol. The van der Waals surface area contributed by atoms with Gasteiger partial charge in [-0.1, -0.05) is 6.92 Å². The minimum atomic E-state index is -0.500. The summed E-state index contributed by atoms with van der Waals surface area (Å²) in [7, 11) is 0. The third kappa shape index (κ3) is 3.18. The van der Waals surface area contributed by atoms with Crippen LogP contribution in [0.15, 0.2) is 18.2 Å². The van der Waals surface area contributed by atoms with Gasteiger partial charge in [0.05, 0.1) is 16.4 Å². The molecule has 2 aromatic rings. The second-order valence-electron chi connectivity index (χ2n) is 5.06. The van der Waals surface area contributed by atoms with Crippen LogP contribution in [-0.4, -0.2) is 22.0 Å². The summed E-state index contributed by atoms with van der Waals surface area (Å²) in [5, 5.41) is 2.47. The third-order valence-corrected chi connectivity index (χ3v) is 3.55. The van der Waals surface area contributed by atoms with Crippen molar-refractivity contribution >= 4 is 28.5 Å². The first-order valence-corrected chi connectivity index (χ1v) is 7.48. The molecular formula is C15H19ClFN3O. The monoisotopic (exact) mass is 311 g/mol. The predicted octanol–water partition coefficient (Wildman–Crippen LogP) is 3.56. The molecule has 0 bridgehead atoms. The van der Waals surface area contributed by atoms with E-state index in [0.717, 1.165) is 6.42 Å². The van der Waals surface area contributed by atoms with E-state index in [4.69, 9.17) is 11.6 Å². The van der Waals surface area contributed by atoms with Crippen LogP contribution < -0.4 is 5.32 Å². The van der Waals surface area contributed by atoms with Gasteiger partial charge in [0.15, 0.2) is 0 Å². The minimum absolute atomic E-state index is 0.126. The van der Waals surface area contributed by atoms with Crippen molar-refractivity contribution in [2.75, 3.05) is 6.54 Å². The summed E-state index contributed by atoms with van der Waals surface area (Å²) in [6.07, 6.45) is 0.858. The van der Waals surface area contributed by atoms with E-state index >= 15 is 0 Å². The predicted molar refractivity (Wildman–Crippen MR) is 82.0 cm³/mol. The Hall–Kier alpha value is -1.62. The van der Waals surface area contributed by atoms with E-state index in [1.54, 1.807) is 24.5 Å². The number of amides is 1. The molecule has 1 N–H and O–H groups in total. The van der Waals surface area contributed by atoms with E-state index in [-0.39, 0.29) is 17.1 Å². The lowest BCUT2D eigenvalue weighted by Gasteiger charge is -2.18. The average Bonchev–Trinajstić information content (AvgIpc) is 2.82. The smallest absolute Gasteiger partial charge is 0.242 e. The van der Waals surface area contributed by atoms with Gasteiger partial charge in [-0.25, -0.2) is 9.37 Å². The molecule has 21 heavy (non-hydrogen) atoms. The largest absolute Gasteiger partial charge is 0.354 e. The first-order chi connectivity index (χ1) is 9.95. The van der Waals surface area contributed by atoms with Gasteiger partial charge in [0.2, 0.25) is 5.91 Å². The van der Waals surface area contributed by atoms with Gasteiger partial charge >= 0.3 is 0 Å². The molecule has 1 aromatic carbocycles. The Morgan fingerprint density at radius 3 is 2.81 bits per heavy atom. The third-order valence-electron chi connectivity index (χ3n) is 3.35. The Morgan fingerprint density at radius 2 is 2.19 bits per heavy atom. The molecule has 2 atom stereocenters. The molecule has 0 spiro atoms. The van der Waals surface area contributed by atoms with Crippen LogP contribution in [0.25, 0.3) is 11.0 Å². The maximum absolute atomic E-state index is 13.5. The Balaban J connectivity index is 2.51. The highest BCUT2D eigenvalue weighted by molar-refractivity contribution is 6.20. The lowest BCUT2D eigenvalue weighted by atomic mass is 10.2. The first-order valence-electron chi connectivity index (χ1n) is 7.04. The number of carbonyl (C=O) groups is 1. The minimum Gasteiger partial charge on any atom is -0.354 e. The molecule has 4 nitrogen and oxygen atoms in total. The topological polar surface area (TPSA) is 46.9 Å². The van der Waals surface area contributed by atoms with Crippen LogP contribution in [0.4, 0.5) is 4.39 Å². The van der Waals surface area contributed by atoms with Crippen LogP contribution >= 0.6 is 11.6 Å². The molecule has 114 valence electrons. The van der Waals surface area contributed by atoms with E-state index in [2.05, 4.69) is 10.3 Å². The maximum atomic E-state index is 13.5. The van der Waals surface area contributed by atoms with Crippen LogP contribution in [0.2, 0.25) is 0 Å². The van der Waals surface area contributed by atoms with Gasteiger partial charge in [0.1, 0.15) is 17.7 Å². The van der Waals surface area contributed by atoms with Crippen molar-refractivity contribution < 1.29 is 9.18 Å². The molecule has 0 saturated heterocycles. The fourth-order valence-electron chi connectivity index (χ4n) is 2.29. The summed E-state index contributed by atoms with van der Waals surface area (Å²) >= 11 is 6.16. The van der Waals surface area contributed by atoms with Crippen molar-refractivity contribution in [2.45, 2.75) is 38.6 Å². The fourth-order valence-corrected chi connectivity index (χ4v) is 2.44. The molecule has 1 amide bonds. The van der Waals surface area contributed by atoms with Gasteiger partial charge in [-0.3, -0.25) is 4.79 Å². The van der Waals surface area contributed by atoms with Gasteiger partial charge in [0, 0.05) is 6.54 Å². The van der Waals surface area contributed by atoms with Crippen LogP contribution in [0.3, 0.4) is 0 Å². The number of benzene rings is 1. The zero-order valence-electron chi connectivity index (χ0n) is 12.4. The first kappa shape index (κ1) is 15.8. The van der Waals surface area contributed by atoms with Gasteiger partial charge < -0.3 is 9.88 Å². The maximum Gasteiger partial charge on any atom is 0.242 e. The molecule has 0 aliphatic heterocycles. The standard InChI is InChI=1S/C15H19ClFN3O/c1-4-7-18-15(21)10(3)20-13-8-11(17)5-6-12(13)19-14(20)9(2)16/h5-6,8-10H,4,7H2,1-3H3,(H,18,21). The van der Waals surface area contributed by atoms with E-state index < -0.39 is 6.04 Å². The van der Waals surface area contributed by atoms with Crippen LogP contribution in [-0.2, 0) is 4.79 Å². The summed E-state index contributed by atoms with van der Waals surface area (Å²) in [5.41, 5.74) is 1.21. The Bertz CT molecular complexity index is 654. The fraction of sp³-hybridized carbons (Fsp3) is 0.467. The second-order valence-corrected chi connectivity index (χ2v) is 5.71. The Morgan fingerprint density at radius 1 is 1.48 bits per heavy atom. The zero-order chi connectivity index (χ0) is 15.6. The van der Waals surface area contributed by atoms with Crippen molar-refractivity contribution in [1.29, 1.82) is 0 Å². The summed E-state index contributed by atoms with van der Waals surface area (Å²) in [5.74, 6) is 0.0778. The van der Waals surface area contributed by atoms with Gasteiger partial charge in [-0.05, 0) is 38.5 Å². The number of nitrogens with zero attached hydrogens (tertiary/aromatic N) is 2. The molecule has 0 aliphatic carbocycles. The Kier molecular flexibility index (Phi) is 4.83. The highest BCUT2D eigenvalue weighted by Gasteiger charge is 2.23. The molecule has 0 fully saturated rings. The van der Waals surface area contributed by atoms with Crippen molar-refractivity contribution in [3.8, 4) is 0 Å². The van der Waals surface area contributed by atoms with Gasteiger partial charge in [-0.2, -0.15) is 0 Å². The van der Waals surface area contributed by atoms with Crippen LogP contribution in [0.1, 0.15) is 44.4 Å². The van der Waals surface area contributed by atoms with Crippen LogP contribution in [0.5, 0.6) is 0 Å². The normalized spacial score (nSPS) is 14.1. The van der Waals surface area contributed by atoms with Crippen molar-refractivity contribution in [3.63, 3.8) is 0 Å². The summed E-state index contributed by atoms with van der Waals surface area (Å²) in [6.45, 7) is 6.14. The zero-order valence-corrected chi connectivity index (χ0v) is 13.1. The number of alkyl halides is 1. The van der Waals surface area contributed by atoms with Crippen molar-refractivity contribution in [2.24, 2.45) is 0 Å². The number of aromatic nitrogens is 2. The number of nitrogens with one attached hydrogen (secondary N) is 1. The number of rotatable bonds is 5. The van der Waals surface area contributed by atoms with E-state index in [1.165, 1.54) is 12.1 Å². The number of halogens is 2. The summed E-state index contributed by atoms with van der Waals surface area (Å²) < 4.78 is 15.2. The molecule has 6 heteroatoms. The number of imidazole rings is 1. The number of carbonyl (C=O) groups excluding carboxylic acids is 1. The lowest BCUT2D eigenvalue weighted by molar-refractivity contribution is -0.123. The molecule has 1 aromatic heterocycles. The molecule has 1 heterocycles. The van der Waals surface area contributed by atoms with Gasteiger partial charge in [0.25, 0.3) is 0 Å². The van der Waals surface area contributed by atoms with Crippen molar-refractivity contribution in [3.05, 3.63) is 29.8 Å². The van der Waals surface area contributed by atoms with Gasteiger partial charge in [-0.15, -0.1) is 11.6 Å². The van der Waals surface area contributed by atoms with E-state index in [1.807, 2.05) is 6.92 Å². The Labute approximate surface area is 128 Å². The number of hydrogen-bond acceptors (Lipinski definition) is 2. The summed E-state index contributed by atoms with van der Waals surface area (Å²) in [4.78, 5) is 16.6. The molecule has 0 saturated carbocycles. The highest BCUT2D eigenvalue weighted by Crippen LogP contribution is 2.28. The quantitative estimate of drug-likeness (QED) is 0.858. The molecule has 0 radical (unpaired) electrons. The SMILES string of the molecule is CCCNC(=O)C(C)n1c(C(C)Cl)nc2ccc(F)cc21. The van der Waals surface area contributed by atoms with Crippen molar-refractivity contribution in [1.82, 2.24) is 14.9 Å². The molecule has 0 aliphatic rings. The summed E-state index contributed by atoms with van der Waals surface area (Å²) in [6, 6.07) is 3.83. The van der Waals surface area contributed by atoms with E-state index in [0.29, 0.717) is 23.4 Å². The average molecular weight is 312 g/mol. The molecule has 2 unspecified atom stereocenters. The number of fused-ring (bicyclic) bond motifs is 1. The highest BCUT2D eigenvalue weighted by atomic mass is 35.5.